The molecular formula is C17H16N2OS. The third-order valence-corrected chi connectivity index (χ3v) is 3.70. The lowest BCUT2D eigenvalue weighted by Gasteiger charge is -2.11. The quantitative estimate of drug-likeness (QED) is 0.703. The molecule has 106 valence electrons. The van der Waals surface area contributed by atoms with Crippen molar-refractivity contribution in [2.24, 2.45) is 0 Å². The van der Waals surface area contributed by atoms with E-state index >= 15 is 0 Å². The molecule has 3 nitrogen and oxygen atoms in total. The van der Waals surface area contributed by atoms with E-state index in [0.29, 0.717) is 5.88 Å². The number of hydrogen-bond acceptors (Lipinski definition) is 4. The van der Waals surface area contributed by atoms with Gasteiger partial charge in [0.2, 0.25) is 5.88 Å². The standard InChI is InChI=1S/C17H16N2OS/c1-12(2)20-17-16(10-9-13-6-5-11-21-13)18-14-7-3-4-8-15(14)19-17/h3-12H,1-2H3/b10-9-. The number of ether oxygens (including phenoxy) is 1. The van der Waals surface area contributed by atoms with Crippen LogP contribution in [-0.4, -0.2) is 16.1 Å². The molecule has 1 aromatic carbocycles. The largest absolute Gasteiger partial charge is 0.473 e. The van der Waals surface area contributed by atoms with Crippen LogP contribution >= 0.6 is 11.3 Å². The molecule has 21 heavy (non-hydrogen) atoms. The fourth-order valence-electron chi connectivity index (χ4n) is 1.96. The van der Waals surface area contributed by atoms with Crippen LogP contribution in [0.1, 0.15) is 24.4 Å². The van der Waals surface area contributed by atoms with Crippen molar-refractivity contribution in [1.29, 1.82) is 0 Å². The Bertz CT molecular complexity index is 764. The van der Waals surface area contributed by atoms with Gasteiger partial charge in [-0.3, -0.25) is 0 Å². The van der Waals surface area contributed by atoms with Crippen molar-refractivity contribution in [1.82, 2.24) is 9.97 Å². The molecule has 0 aliphatic heterocycles. The van der Waals surface area contributed by atoms with Crippen LogP contribution in [0.5, 0.6) is 5.88 Å². The second-order valence-electron chi connectivity index (χ2n) is 4.92. The predicted molar refractivity (Wildman–Crippen MR) is 88.5 cm³/mol. The van der Waals surface area contributed by atoms with Gasteiger partial charge in [0.25, 0.3) is 0 Å². The number of hydrogen-bond donors (Lipinski definition) is 0. The van der Waals surface area contributed by atoms with E-state index in [2.05, 4.69) is 21.4 Å². The Morgan fingerprint density at radius 1 is 1.00 bits per heavy atom. The number of fused-ring (bicyclic) bond motifs is 1. The van der Waals surface area contributed by atoms with E-state index in [0.717, 1.165) is 16.7 Å². The molecule has 0 atom stereocenters. The molecule has 0 amide bonds. The van der Waals surface area contributed by atoms with E-state index in [-0.39, 0.29) is 6.10 Å². The highest BCUT2D eigenvalue weighted by atomic mass is 32.1. The lowest BCUT2D eigenvalue weighted by molar-refractivity contribution is 0.232. The van der Waals surface area contributed by atoms with Gasteiger partial charge in [-0.05, 0) is 49.6 Å². The van der Waals surface area contributed by atoms with Gasteiger partial charge in [-0.2, -0.15) is 0 Å². The highest BCUT2D eigenvalue weighted by Crippen LogP contribution is 2.22. The number of nitrogens with zero attached hydrogens (tertiary/aromatic N) is 2. The summed E-state index contributed by atoms with van der Waals surface area (Å²) in [5, 5.41) is 2.05. The lowest BCUT2D eigenvalue weighted by Crippen LogP contribution is -2.09. The normalized spacial score (nSPS) is 11.6. The van der Waals surface area contributed by atoms with Crippen molar-refractivity contribution >= 4 is 34.5 Å². The molecule has 0 spiro atoms. The molecule has 0 saturated carbocycles. The van der Waals surface area contributed by atoms with E-state index in [4.69, 9.17) is 4.74 Å². The Morgan fingerprint density at radius 2 is 1.76 bits per heavy atom. The topological polar surface area (TPSA) is 35.0 Å². The molecular weight excluding hydrogens is 280 g/mol. The highest BCUT2D eigenvalue weighted by molar-refractivity contribution is 7.10. The minimum absolute atomic E-state index is 0.0642. The summed E-state index contributed by atoms with van der Waals surface area (Å²) in [4.78, 5) is 10.4. The van der Waals surface area contributed by atoms with Gasteiger partial charge < -0.3 is 4.74 Å². The molecule has 4 heteroatoms. The Balaban J connectivity index is 2.05. The number of benzene rings is 1. The molecule has 0 fully saturated rings. The number of thiophene rings is 1. The summed E-state index contributed by atoms with van der Waals surface area (Å²) >= 11 is 1.69. The molecule has 0 unspecified atom stereocenters. The summed E-state index contributed by atoms with van der Waals surface area (Å²) in [5.41, 5.74) is 2.48. The second-order valence-corrected chi connectivity index (χ2v) is 5.90. The van der Waals surface area contributed by atoms with Crippen LogP contribution in [0.3, 0.4) is 0 Å². The maximum absolute atomic E-state index is 5.80. The fourth-order valence-corrected chi connectivity index (χ4v) is 2.58. The molecule has 0 saturated heterocycles. The Hall–Kier alpha value is -2.20. The van der Waals surface area contributed by atoms with E-state index < -0.39 is 0 Å². The van der Waals surface area contributed by atoms with Gasteiger partial charge in [-0.1, -0.05) is 18.2 Å². The zero-order chi connectivity index (χ0) is 14.7. The minimum Gasteiger partial charge on any atom is -0.473 e. The van der Waals surface area contributed by atoms with Crippen LogP contribution in [0.2, 0.25) is 0 Å². The van der Waals surface area contributed by atoms with Crippen LogP contribution in [0.25, 0.3) is 23.2 Å². The summed E-state index contributed by atoms with van der Waals surface area (Å²) in [6.07, 6.45) is 4.06. The smallest absolute Gasteiger partial charge is 0.240 e. The fraction of sp³-hybridized carbons (Fsp3) is 0.176. The van der Waals surface area contributed by atoms with Crippen molar-refractivity contribution in [3.05, 3.63) is 52.3 Å². The maximum Gasteiger partial charge on any atom is 0.240 e. The molecule has 0 aliphatic rings. The molecule has 0 aliphatic carbocycles. The lowest BCUT2D eigenvalue weighted by atomic mass is 10.2. The first kappa shape index (κ1) is 13.8. The van der Waals surface area contributed by atoms with E-state index in [1.54, 1.807) is 11.3 Å². The molecule has 0 radical (unpaired) electrons. The third-order valence-electron chi connectivity index (χ3n) is 2.86. The Kier molecular flexibility index (Phi) is 3.97. The Morgan fingerprint density at radius 3 is 2.43 bits per heavy atom. The third kappa shape index (κ3) is 3.28. The van der Waals surface area contributed by atoms with Crippen LogP contribution in [0.4, 0.5) is 0 Å². The number of para-hydroxylation sites is 2. The molecule has 2 heterocycles. The number of rotatable bonds is 4. The van der Waals surface area contributed by atoms with Gasteiger partial charge in [0.05, 0.1) is 17.1 Å². The van der Waals surface area contributed by atoms with Crippen LogP contribution < -0.4 is 4.74 Å². The summed E-state index contributed by atoms with van der Waals surface area (Å²) in [6.45, 7) is 3.98. The minimum atomic E-state index is 0.0642. The summed E-state index contributed by atoms with van der Waals surface area (Å²) in [5.74, 6) is 0.580. The van der Waals surface area contributed by atoms with Crippen molar-refractivity contribution < 1.29 is 4.74 Å². The van der Waals surface area contributed by atoms with E-state index in [1.165, 1.54) is 4.88 Å². The Labute approximate surface area is 127 Å². The van der Waals surface area contributed by atoms with Crippen molar-refractivity contribution in [2.75, 3.05) is 0 Å². The van der Waals surface area contributed by atoms with Crippen LogP contribution in [-0.2, 0) is 0 Å². The van der Waals surface area contributed by atoms with Crippen LogP contribution in [0, 0.1) is 0 Å². The van der Waals surface area contributed by atoms with Gasteiger partial charge in [0, 0.05) is 4.88 Å². The molecule has 0 N–H and O–H groups in total. The van der Waals surface area contributed by atoms with Gasteiger partial charge in [0.1, 0.15) is 5.69 Å². The van der Waals surface area contributed by atoms with Crippen molar-refractivity contribution in [3.63, 3.8) is 0 Å². The second kappa shape index (κ2) is 6.06. The van der Waals surface area contributed by atoms with Crippen molar-refractivity contribution in [2.45, 2.75) is 20.0 Å². The first-order valence-corrected chi connectivity index (χ1v) is 7.75. The summed E-state index contributed by atoms with van der Waals surface area (Å²) < 4.78 is 5.80. The highest BCUT2D eigenvalue weighted by Gasteiger charge is 2.09. The molecule has 2 aromatic heterocycles. The van der Waals surface area contributed by atoms with Gasteiger partial charge in [0.15, 0.2) is 0 Å². The van der Waals surface area contributed by atoms with Crippen molar-refractivity contribution in [3.8, 4) is 5.88 Å². The molecule has 0 bridgehead atoms. The van der Waals surface area contributed by atoms with Gasteiger partial charge >= 0.3 is 0 Å². The zero-order valence-corrected chi connectivity index (χ0v) is 12.8. The SMILES string of the molecule is CC(C)Oc1nc2ccccc2nc1/C=C\c1cccs1. The molecule has 3 aromatic rings. The first-order chi connectivity index (χ1) is 10.2. The summed E-state index contributed by atoms with van der Waals surface area (Å²) in [6, 6.07) is 11.9. The maximum atomic E-state index is 5.80. The number of aromatic nitrogens is 2. The monoisotopic (exact) mass is 296 g/mol. The average Bonchev–Trinajstić information content (AvgIpc) is 2.97. The zero-order valence-electron chi connectivity index (χ0n) is 12.0. The van der Waals surface area contributed by atoms with E-state index in [1.807, 2.05) is 56.3 Å². The molecule has 3 rings (SSSR count). The van der Waals surface area contributed by atoms with Crippen LogP contribution in [0.15, 0.2) is 41.8 Å². The summed E-state index contributed by atoms with van der Waals surface area (Å²) in [7, 11) is 0. The van der Waals surface area contributed by atoms with Gasteiger partial charge in [-0.25, -0.2) is 9.97 Å². The van der Waals surface area contributed by atoms with Gasteiger partial charge in [-0.15, -0.1) is 11.3 Å². The first-order valence-electron chi connectivity index (χ1n) is 6.87. The average molecular weight is 296 g/mol. The van der Waals surface area contributed by atoms with E-state index in [9.17, 15) is 0 Å². The predicted octanol–water partition coefficient (Wildman–Crippen LogP) is 4.65.